The van der Waals surface area contributed by atoms with Gasteiger partial charge in [0, 0.05) is 24.6 Å². The number of nitro groups is 1. The number of hydrogen-bond donors (Lipinski definition) is 6. The van der Waals surface area contributed by atoms with Crippen LogP contribution in [-0.2, 0) is 21.7 Å². The minimum Gasteiger partial charge on any atom is -0.504 e. The molecule has 0 unspecified atom stereocenters. The highest BCUT2D eigenvalue weighted by Crippen LogP contribution is 2.37. The maximum atomic E-state index is 14.0. The SMILES string of the molecule is Cc1ccc(C(NC(=O)CC[C@H](NC(=O)c2ccc(O)c([N+](=O)[O-])c2)C(=O)NCc2ccc(O)c(O)c2)(c2ccccc2)c2ccccc2)cc1. The number of phenolic OH excluding ortho intramolecular Hbond substituents is 3. The van der Waals surface area contributed by atoms with E-state index in [0.717, 1.165) is 34.4 Å². The van der Waals surface area contributed by atoms with Crippen LogP contribution in [0.4, 0.5) is 5.69 Å². The van der Waals surface area contributed by atoms with Gasteiger partial charge in [0.1, 0.15) is 11.6 Å². The molecule has 1 atom stereocenters. The molecule has 6 N–H and O–H groups in total. The van der Waals surface area contributed by atoms with Crippen molar-refractivity contribution in [2.24, 2.45) is 0 Å². The Kier molecular flexibility index (Phi) is 11.0. The Labute approximate surface area is 293 Å². The molecule has 0 aliphatic rings. The van der Waals surface area contributed by atoms with Gasteiger partial charge in [0.15, 0.2) is 17.2 Å². The van der Waals surface area contributed by atoms with E-state index in [1.54, 1.807) is 0 Å². The van der Waals surface area contributed by atoms with Crippen molar-refractivity contribution in [3.05, 3.63) is 165 Å². The normalized spacial score (nSPS) is 11.6. The fourth-order valence-electron chi connectivity index (χ4n) is 5.76. The van der Waals surface area contributed by atoms with Crippen LogP contribution in [0, 0.1) is 17.0 Å². The Hall–Kier alpha value is -6.69. The molecule has 5 aromatic rings. The lowest BCUT2D eigenvalue weighted by Crippen LogP contribution is -2.49. The van der Waals surface area contributed by atoms with Crippen LogP contribution in [0.1, 0.15) is 51.0 Å². The fourth-order valence-corrected chi connectivity index (χ4v) is 5.76. The van der Waals surface area contributed by atoms with Crippen molar-refractivity contribution in [3.8, 4) is 17.2 Å². The number of aromatic hydroxyl groups is 3. The summed E-state index contributed by atoms with van der Waals surface area (Å²) >= 11 is 0. The number of phenols is 3. The van der Waals surface area contributed by atoms with E-state index in [1.165, 1.54) is 24.3 Å². The van der Waals surface area contributed by atoms with Crippen LogP contribution in [0.5, 0.6) is 17.2 Å². The summed E-state index contributed by atoms with van der Waals surface area (Å²) in [6.45, 7) is 1.88. The number of benzene rings is 5. The second-order valence-corrected chi connectivity index (χ2v) is 12.0. The average molecular weight is 689 g/mol. The molecular formula is C39H36N4O8. The van der Waals surface area contributed by atoms with E-state index >= 15 is 0 Å². The molecule has 0 heterocycles. The van der Waals surface area contributed by atoms with Gasteiger partial charge in [0.2, 0.25) is 11.8 Å². The minimum atomic E-state index is -1.29. The first-order chi connectivity index (χ1) is 24.5. The third-order valence-electron chi connectivity index (χ3n) is 8.45. The summed E-state index contributed by atoms with van der Waals surface area (Å²) < 4.78 is 0. The van der Waals surface area contributed by atoms with Crippen molar-refractivity contribution in [2.45, 2.75) is 37.9 Å². The van der Waals surface area contributed by atoms with Gasteiger partial charge in [-0.3, -0.25) is 24.5 Å². The Morgan fingerprint density at radius 2 is 1.33 bits per heavy atom. The summed E-state index contributed by atoms with van der Waals surface area (Å²) in [5.74, 6) is -3.30. The molecular weight excluding hydrogens is 652 g/mol. The third kappa shape index (κ3) is 8.31. The van der Waals surface area contributed by atoms with E-state index in [4.69, 9.17) is 0 Å². The van der Waals surface area contributed by atoms with Crippen LogP contribution in [0.2, 0.25) is 0 Å². The van der Waals surface area contributed by atoms with Crippen LogP contribution in [0.25, 0.3) is 0 Å². The van der Waals surface area contributed by atoms with Crippen molar-refractivity contribution in [1.82, 2.24) is 16.0 Å². The number of carbonyl (C=O) groups is 3. The lowest BCUT2D eigenvalue weighted by Gasteiger charge is -2.37. The molecule has 51 heavy (non-hydrogen) atoms. The summed E-state index contributed by atoms with van der Waals surface area (Å²) in [6, 6.07) is 32.6. The standard InChI is InChI=1S/C39H36N4O8/c1-25-12-16-30(17-13-25)39(28-8-4-2-5-9-28,29-10-6-3-7-11-29)42-36(47)21-18-31(38(49)40-24-26-14-19-34(45)35(46)22-26)41-37(48)27-15-20-33(44)32(23-27)43(50)51/h2-17,19-20,22-23,31,44-46H,18,21,24H2,1H3,(H,40,49)(H,41,48)(H,42,47)/t31-/m0/s1. The topological polar surface area (TPSA) is 191 Å². The lowest BCUT2D eigenvalue weighted by molar-refractivity contribution is -0.385. The van der Waals surface area contributed by atoms with E-state index in [-0.39, 0.29) is 36.4 Å². The zero-order valence-corrected chi connectivity index (χ0v) is 27.6. The van der Waals surface area contributed by atoms with Crippen molar-refractivity contribution in [2.75, 3.05) is 0 Å². The first-order valence-electron chi connectivity index (χ1n) is 16.0. The molecule has 0 saturated carbocycles. The van der Waals surface area contributed by atoms with Gasteiger partial charge in [-0.05, 0) is 59.9 Å². The number of nitro benzene ring substituents is 1. The Balaban J connectivity index is 1.43. The van der Waals surface area contributed by atoms with Crippen molar-refractivity contribution < 1.29 is 34.6 Å². The molecule has 12 heteroatoms. The molecule has 0 fully saturated rings. The summed E-state index contributed by atoms with van der Waals surface area (Å²) in [4.78, 5) is 51.4. The molecule has 0 radical (unpaired) electrons. The second kappa shape index (κ2) is 15.7. The van der Waals surface area contributed by atoms with Crippen molar-refractivity contribution >= 4 is 23.4 Å². The molecule has 0 bridgehead atoms. The maximum Gasteiger partial charge on any atom is 0.311 e. The van der Waals surface area contributed by atoms with Crippen LogP contribution >= 0.6 is 0 Å². The number of hydrogen-bond acceptors (Lipinski definition) is 8. The lowest BCUT2D eigenvalue weighted by atomic mass is 9.76. The van der Waals surface area contributed by atoms with Gasteiger partial charge in [-0.25, -0.2) is 0 Å². The van der Waals surface area contributed by atoms with E-state index in [0.29, 0.717) is 5.56 Å². The summed E-state index contributed by atoms with van der Waals surface area (Å²) in [5, 5.41) is 49.2. The smallest absolute Gasteiger partial charge is 0.311 e. The molecule has 0 spiro atoms. The Bertz CT molecular complexity index is 2000. The van der Waals surface area contributed by atoms with Gasteiger partial charge >= 0.3 is 5.69 Å². The van der Waals surface area contributed by atoms with Gasteiger partial charge in [0.25, 0.3) is 5.91 Å². The Morgan fingerprint density at radius 3 is 1.92 bits per heavy atom. The largest absolute Gasteiger partial charge is 0.504 e. The molecule has 0 aliphatic heterocycles. The molecule has 0 saturated heterocycles. The molecule has 12 nitrogen and oxygen atoms in total. The van der Waals surface area contributed by atoms with Gasteiger partial charge in [-0.2, -0.15) is 0 Å². The van der Waals surface area contributed by atoms with E-state index < -0.39 is 45.7 Å². The molecule has 5 aromatic carbocycles. The van der Waals surface area contributed by atoms with Gasteiger partial charge in [0.05, 0.1) is 4.92 Å². The molecule has 260 valence electrons. The number of rotatable bonds is 13. The number of aryl methyl sites for hydroxylation is 1. The highest BCUT2D eigenvalue weighted by Gasteiger charge is 2.38. The second-order valence-electron chi connectivity index (χ2n) is 12.0. The molecule has 0 aliphatic carbocycles. The van der Waals surface area contributed by atoms with E-state index in [1.807, 2.05) is 91.9 Å². The molecule has 3 amide bonds. The minimum absolute atomic E-state index is 0.0888. The summed E-state index contributed by atoms with van der Waals surface area (Å²) in [5.41, 5.74) is 1.87. The van der Waals surface area contributed by atoms with Crippen LogP contribution in [-0.4, -0.2) is 44.0 Å². The number of nitrogens with zero attached hydrogens (tertiary/aromatic N) is 1. The molecule has 0 aromatic heterocycles. The molecule has 5 rings (SSSR count). The number of nitrogens with one attached hydrogen (secondary N) is 3. The van der Waals surface area contributed by atoms with E-state index in [2.05, 4.69) is 16.0 Å². The summed E-state index contributed by atoms with van der Waals surface area (Å²) in [7, 11) is 0. The van der Waals surface area contributed by atoms with Gasteiger partial charge in [-0.1, -0.05) is 96.6 Å². The predicted octanol–water partition coefficient (Wildman–Crippen LogP) is 5.32. The maximum absolute atomic E-state index is 14.0. The van der Waals surface area contributed by atoms with Crippen LogP contribution in [0.3, 0.4) is 0 Å². The Morgan fingerprint density at radius 1 is 0.745 bits per heavy atom. The van der Waals surface area contributed by atoms with Crippen LogP contribution in [0.15, 0.2) is 121 Å². The first-order valence-corrected chi connectivity index (χ1v) is 16.0. The van der Waals surface area contributed by atoms with Crippen molar-refractivity contribution in [1.29, 1.82) is 0 Å². The fraction of sp³-hybridized carbons (Fsp3) is 0.154. The highest BCUT2D eigenvalue weighted by atomic mass is 16.6. The highest BCUT2D eigenvalue weighted by molar-refractivity contribution is 5.98. The zero-order valence-electron chi connectivity index (χ0n) is 27.6. The van der Waals surface area contributed by atoms with Crippen LogP contribution < -0.4 is 16.0 Å². The van der Waals surface area contributed by atoms with Gasteiger partial charge < -0.3 is 31.3 Å². The van der Waals surface area contributed by atoms with E-state index in [9.17, 15) is 39.8 Å². The first kappa shape index (κ1) is 35.6. The van der Waals surface area contributed by atoms with Gasteiger partial charge in [-0.15, -0.1) is 0 Å². The predicted molar refractivity (Wildman–Crippen MR) is 189 cm³/mol. The number of carbonyl (C=O) groups excluding carboxylic acids is 3. The summed E-state index contributed by atoms with van der Waals surface area (Å²) in [6.07, 6.45) is -0.390. The van der Waals surface area contributed by atoms with Crippen molar-refractivity contribution in [3.63, 3.8) is 0 Å². The quantitative estimate of drug-likeness (QED) is 0.0414. The third-order valence-corrected chi connectivity index (χ3v) is 8.45. The average Bonchev–Trinajstić information content (AvgIpc) is 3.13. The zero-order chi connectivity index (χ0) is 36.5. The number of amides is 3. The monoisotopic (exact) mass is 688 g/mol.